The Bertz CT molecular complexity index is 670. The molecule has 2 aromatic rings. The summed E-state index contributed by atoms with van der Waals surface area (Å²) in [5.74, 6) is -0.854. The Morgan fingerprint density at radius 2 is 2.24 bits per heavy atom. The average molecular weight is 420 g/mol. The van der Waals surface area contributed by atoms with Crippen molar-refractivity contribution in [2.75, 3.05) is 12.9 Å². The second-order valence-corrected chi connectivity index (χ2v) is 7.45. The number of carboxylic acids is 1. The maximum Gasteiger partial charge on any atom is 0.313 e. The van der Waals surface area contributed by atoms with Crippen molar-refractivity contribution in [3.63, 3.8) is 0 Å². The van der Waals surface area contributed by atoms with E-state index in [1.165, 1.54) is 11.8 Å². The van der Waals surface area contributed by atoms with Crippen molar-refractivity contribution in [2.24, 2.45) is 0 Å². The summed E-state index contributed by atoms with van der Waals surface area (Å²) in [5.41, 5.74) is 1.52. The second-order valence-electron chi connectivity index (χ2n) is 5.26. The van der Waals surface area contributed by atoms with Crippen molar-refractivity contribution in [1.82, 2.24) is 9.55 Å². The predicted octanol–water partition coefficient (Wildman–Crippen LogP) is 3.24. The molecule has 0 unspecified atom stereocenters. The minimum atomic E-state index is -0.848. The highest BCUT2D eigenvalue weighted by Crippen LogP contribution is 2.27. The molecule has 0 aliphatic heterocycles. The highest BCUT2D eigenvalue weighted by molar-refractivity contribution is 14.1. The van der Waals surface area contributed by atoms with Gasteiger partial charge in [-0.05, 0) is 54.6 Å². The molecule has 0 bridgehead atoms. The lowest BCUT2D eigenvalue weighted by Gasteiger charge is -2.24. The first-order valence-corrected chi connectivity index (χ1v) is 8.44. The number of benzene rings is 1. The Labute approximate surface area is 141 Å². The molecule has 0 amide bonds. The lowest BCUT2D eigenvalue weighted by molar-refractivity contribution is -0.133. The Balaban J connectivity index is 2.46. The van der Waals surface area contributed by atoms with Gasteiger partial charge in [0.25, 0.3) is 0 Å². The summed E-state index contributed by atoms with van der Waals surface area (Å²) in [4.78, 5) is 15.4. The van der Waals surface area contributed by atoms with Gasteiger partial charge < -0.3 is 14.4 Å². The predicted molar refractivity (Wildman–Crippen MR) is 91.9 cm³/mol. The molecule has 0 fully saturated rings. The Morgan fingerprint density at radius 3 is 2.86 bits per heavy atom. The molecule has 0 radical (unpaired) electrons. The normalized spacial score (nSPS) is 12.0. The number of rotatable bonds is 6. The highest BCUT2D eigenvalue weighted by Gasteiger charge is 2.22. The van der Waals surface area contributed by atoms with Gasteiger partial charge in [0.15, 0.2) is 5.16 Å². The van der Waals surface area contributed by atoms with Gasteiger partial charge in [0.1, 0.15) is 0 Å². The number of halogens is 1. The number of aromatic nitrogens is 2. The monoisotopic (exact) mass is 420 g/mol. The summed E-state index contributed by atoms with van der Waals surface area (Å²) in [6.45, 7) is 4.61. The van der Waals surface area contributed by atoms with Gasteiger partial charge in [-0.15, -0.1) is 0 Å². The number of hydrogen-bond donors (Lipinski definition) is 1. The minimum Gasteiger partial charge on any atom is -0.481 e. The lowest BCUT2D eigenvalue weighted by Crippen LogP contribution is -2.29. The number of fused-ring (bicyclic) bond motifs is 1. The zero-order valence-corrected chi connectivity index (χ0v) is 15.1. The van der Waals surface area contributed by atoms with Crippen LogP contribution in [0.2, 0.25) is 0 Å². The molecule has 0 saturated heterocycles. The molecule has 0 atom stereocenters. The van der Waals surface area contributed by atoms with Crippen molar-refractivity contribution in [3.05, 3.63) is 21.8 Å². The van der Waals surface area contributed by atoms with E-state index in [4.69, 9.17) is 9.84 Å². The van der Waals surface area contributed by atoms with Crippen LogP contribution in [0.5, 0.6) is 0 Å². The standard InChI is InChI=1S/C14H17IN2O3S/c1-14(2,20-3)8-17-11-5-4-9(15)6-10(11)16-13(17)21-7-12(18)19/h4-6H,7-8H2,1-3H3,(H,18,19). The van der Waals surface area contributed by atoms with Crippen LogP contribution < -0.4 is 0 Å². The van der Waals surface area contributed by atoms with Crippen LogP contribution in [-0.4, -0.2) is 39.1 Å². The largest absolute Gasteiger partial charge is 0.481 e. The molecule has 2 rings (SSSR count). The first kappa shape index (κ1) is 16.6. The van der Waals surface area contributed by atoms with Crippen LogP contribution in [0.4, 0.5) is 0 Å². The van der Waals surface area contributed by atoms with Gasteiger partial charge in [0, 0.05) is 10.7 Å². The van der Waals surface area contributed by atoms with Gasteiger partial charge in [-0.3, -0.25) is 4.79 Å². The Kier molecular flexibility index (Phi) is 5.15. The van der Waals surface area contributed by atoms with E-state index in [9.17, 15) is 4.79 Å². The van der Waals surface area contributed by atoms with E-state index < -0.39 is 5.97 Å². The molecule has 1 aromatic carbocycles. The quantitative estimate of drug-likeness (QED) is 0.574. The number of imidazole rings is 1. The van der Waals surface area contributed by atoms with Crippen LogP contribution in [0, 0.1) is 3.57 Å². The van der Waals surface area contributed by atoms with E-state index in [1.807, 2.05) is 36.6 Å². The van der Waals surface area contributed by atoms with Gasteiger partial charge in [-0.2, -0.15) is 0 Å². The van der Waals surface area contributed by atoms with E-state index in [0.29, 0.717) is 11.7 Å². The summed E-state index contributed by atoms with van der Waals surface area (Å²) in [6, 6.07) is 6.03. The molecule has 0 saturated carbocycles. The third-order valence-corrected chi connectivity index (χ3v) is 4.72. The van der Waals surface area contributed by atoms with Crippen molar-refractivity contribution in [2.45, 2.75) is 31.1 Å². The van der Waals surface area contributed by atoms with Crippen LogP contribution in [0.1, 0.15) is 13.8 Å². The van der Waals surface area contributed by atoms with E-state index in [0.717, 1.165) is 14.6 Å². The number of thioether (sulfide) groups is 1. The third kappa shape index (κ3) is 4.10. The number of hydrogen-bond acceptors (Lipinski definition) is 4. The molecule has 5 nitrogen and oxygen atoms in total. The fourth-order valence-corrected chi connectivity index (χ4v) is 3.12. The lowest BCUT2D eigenvalue weighted by atomic mass is 10.1. The molecule has 1 aromatic heterocycles. The number of aliphatic carboxylic acids is 1. The smallest absolute Gasteiger partial charge is 0.313 e. The zero-order chi connectivity index (χ0) is 15.6. The van der Waals surface area contributed by atoms with E-state index in [1.54, 1.807) is 7.11 Å². The Morgan fingerprint density at radius 1 is 1.52 bits per heavy atom. The zero-order valence-electron chi connectivity index (χ0n) is 12.1. The number of carboxylic acid groups (broad SMARTS) is 1. The van der Waals surface area contributed by atoms with Crippen LogP contribution in [0.15, 0.2) is 23.4 Å². The molecule has 114 valence electrons. The molecule has 0 spiro atoms. The molecule has 0 aliphatic carbocycles. The molecule has 1 heterocycles. The van der Waals surface area contributed by atoms with Crippen molar-refractivity contribution < 1.29 is 14.6 Å². The minimum absolute atomic E-state index is 0.00613. The van der Waals surface area contributed by atoms with Crippen LogP contribution >= 0.6 is 34.4 Å². The van der Waals surface area contributed by atoms with Gasteiger partial charge in [-0.25, -0.2) is 4.98 Å². The van der Waals surface area contributed by atoms with Crippen molar-refractivity contribution >= 4 is 51.4 Å². The second kappa shape index (κ2) is 6.53. The fourth-order valence-electron chi connectivity index (χ4n) is 1.92. The van der Waals surface area contributed by atoms with Crippen LogP contribution in [0.3, 0.4) is 0 Å². The topological polar surface area (TPSA) is 64.3 Å². The summed E-state index contributed by atoms with van der Waals surface area (Å²) in [6.07, 6.45) is 0. The third-order valence-electron chi connectivity index (χ3n) is 3.09. The summed E-state index contributed by atoms with van der Waals surface area (Å²) in [5, 5.41) is 9.59. The number of ether oxygens (including phenoxy) is 1. The summed E-state index contributed by atoms with van der Waals surface area (Å²) >= 11 is 3.47. The van der Waals surface area contributed by atoms with E-state index in [-0.39, 0.29) is 11.4 Å². The first-order chi connectivity index (χ1) is 9.82. The molecular weight excluding hydrogens is 403 g/mol. The number of methoxy groups -OCH3 is 1. The summed E-state index contributed by atoms with van der Waals surface area (Å²) < 4.78 is 8.62. The van der Waals surface area contributed by atoms with E-state index in [2.05, 4.69) is 27.6 Å². The molecular formula is C14H17IN2O3S. The highest BCUT2D eigenvalue weighted by atomic mass is 127. The van der Waals surface area contributed by atoms with Gasteiger partial charge >= 0.3 is 5.97 Å². The maximum absolute atomic E-state index is 10.8. The SMILES string of the molecule is COC(C)(C)Cn1c(SCC(=O)O)nc2cc(I)ccc21. The maximum atomic E-state index is 10.8. The first-order valence-electron chi connectivity index (χ1n) is 6.38. The van der Waals surface area contributed by atoms with Gasteiger partial charge in [-0.1, -0.05) is 11.8 Å². The Hall–Kier alpha value is -0.800. The average Bonchev–Trinajstić information content (AvgIpc) is 2.73. The fraction of sp³-hybridized carbons (Fsp3) is 0.429. The van der Waals surface area contributed by atoms with Crippen molar-refractivity contribution in [3.8, 4) is 0 Å². The summed E-state index contributed by atoms with van der Waals surface area (Å²) in [7, 11) is 1.67. The molecule has 7 heteroatoms. The molecule has 1 N–H and O–H groups in total. The van der Waals surface area contributed by atoms with Crippen molar-refractivity contribution in [1.29, 1.82) is 0 Å². The van der Waals surface area contributed by atoms with Gasteiger partial charge in [0.2, 0.25) is 0 Å². The van der Waals surface area contributed by atoms with Crippen LogP contribution in [-0.2, 0) is 16.1 Å². The van der Waals surface area contributed by atoms with Gasteiger partial charge in [0.05, 0.1) is 28.9 Å². The van der Waals surface area contributed by atoms with Crippen LogP contribution in [0.25, 0.3) is 11.0 Å². The molecule has 21 heavy (non-hydrogen) atoms. The number of carbonyl (C=O) groups is 1. The van der Waals surface area contributed by atoms with E-state index >= 15 is 0 Å². The number of nitrogens with zero attached hydrogens (tertiary/aromatic N) is 2. The molecule has 0 aliphatic rings.